The number of allylic oxidation sites excluding steroid dienone is 10. The molecule has 0 saturated carbocycles. The van der Waals surface area contributed by atoms with Crippen LogP contribution in [-0.2, 0) is 38.7 Å². The molecule has 6 atom stereocenters. The third-order valence-electron chi connectivity index (χ3n) is 9.68. The zero-order valence-electron chi connectivity index (χ0n) is 35.4. The Morgan fingerprint density at radius 3 is 1.67 bits per heavy atom. The van der Waals surface area contributed by atoms with Crippen molar-refractivity contribution < 1.29 is 56.8 Å². The Balaban J connectivity index is 2.48. The van der Waals surface area contributed by atoms with Crippen LogP contribution in [0.25, 0.3) is 0 Å². The van der Waals surface area contributed by atoms with Gasteiger partial charge in [0.1, 0.15) is 36.8 Å². The van der Waals surface area contributed by atoms with Gasteiger partial charge in [0.25, 0.3) is 10.1 Å². The highest BCUT2D eigenvalue weighted by atomic mass is 32.2. The Morgan fingerprint density at radius 1 is 0.603 bits per heavy atom. The van der Waals surface area contributed by atoms with Crippen LogP contribution in [0.5, 0.6) is 0 Å². The van der Waals surface area contributed by atoms with Crippen molar-refractivity contribution in [3.63, 3.8) is 0 Å². The van der Waals surface area contributed by atoms with Crippen molar-refractivity contribution in [1.29, 1.82) is 0 Å². The van der Waals surface area contributed by atoms with E-state index in [1.807, 2.05) is 36.5 Å². The quantitative estimate of drug-likeness (QED) is 0.0157. The maximum absolute atomic E-state index is 12.8. The molecule has 2 unspecified atom stereocenters. The van der Waals surface area contributed by atoms with Crippen molar-refractivity contribution in [2.45, 2.75) is 192 Å². The third kappa shape index (κ3) is 29.5. The first-order chi connectivity index (χ1) is 28.0. The van der Waals surface area contributed by atoms with Crippen molar-refractivity contribution in [2.24, 2.45) is 0 Å². The highest BCUT2D eigenvalue weighted by Crippen LogP contribution is 2.24. The largest absolute Gasteiger partial charge is 0.462 e. The molecule has 0 aliphatic carbocycles. The molecule has 4 N–H and O–H groups in total. The van der Waals surface area contributed by atoms with E-state index in [9.17, 15) is 37.9 Å². The van der Waals surface area contributed by atoms with Gasteiger partial charge >= 0.3 is 11.9 Å². The lowest BCUT2D eigenvalue weighted by molar-refractivity contribution is -0.297. The molecular formula is C45H76O12S. The highest BCUT2D eigenvalue weighted by molar-refractivity contribution is 7.85. The van der Waals surface area contributed by atoms with E-state index in [0.29, 0.717) is 12.8 Å². The molecule has 12 nitrogen and oxygen atoms in total. The summed E-state index contributed by atoms with van der Waals surface area (Å²) >= 11 is 0. The number of aliphatic hydroxyl groups excluding tert-OH is 3. The zero-order valence-corrected chi connectivity index (χ0v) is 36.2. The van der Waals surface area contributed by atoms with Gasteiger partial charge in [-0.1, -0.05) is 152 Å². The Kier molecular flexibility index (Phi) is 32.3. The van der Waals surface area contributed by atoms with Gasteiger partial charge in [-0.25, -0.2) is 0 Å². The van der Waals surface area contributed by atoms with Gasteiger partial charge in [0.15, 0.2) is 12.4 Å². The Bertz CT molecular complexity index is 1310. The van der Waals surface area contributed by atoms with Crippen LogP contribution in [0.2, 0.25) is 0 Å². The Hall–Kier alpha value is -2.65. The van der Waals surface area contributed by atoms with E-state index in [4.69, 9.17) is 18.9 Å². The molecule has 334 valence electrons. The second kappa shape index (κ2) is 35.1. The van der Waals surface area contributed by atoms with Crippen LogP contribution in [0, 0.1) is 0 Å². The first-order valence-electron chi connectivity index (χ1n) is 21.9. The third-order valence-corrected chi connectivity index (χ3v) is 10.4. The van der Waals surface area contributed by atoms with Crippen LogP contribution in [0.1, 0.15) is 155 Å². The molecule has 58 heavy (non-hydrogen) atoms. The molecule has 13 heteroatoms. The molecule has 1 aliphatic rings. The van der Waals surface area contributed by atoms with Gasteiger partial charge in [0.2, 0.25) is 0 Å². The molecule has 1 rings (SSSR count). The molecule has 1 aliphatic heterocycles. The summed E-state index contributed by atoms with van der Waals surface area (Å²) in [6.07, 6.45) is 32.6. The molecule has 0 aromatic heterocycles. The van der Waals surface area contributed by atoms with Crippen molar-refractivity contribution in [3.05, 3.63) is 60.8 Å². The highest BCUT2D eigenvalue weighted by Gasteiger charge is 2.46. The van der Waals surface area contributed by atoms with E-state index < -0.39 is 71.2 Å². The molecule has 1 heterocycles. The maximum Gasteiger partial charge on any atom is 0.306 e. The molecule has 0 spiro atoms. The Morgan fingerprint density at radius 2 is 1.10 bits per heavy atom. The van der Waals surface area contributed by atoms with Crippen molar-refractivity contribution in [1.82, 2.24) is 0 Å². The lowest BCUT2D eigenvalue weighted by Crippen LogP contribution is -2.60. The number of esters is 2. The fourth-order valence-corrected chi connectivity index (χ4v) is 6.95. The number of carbonyl (C=O) groups is 2. The summed E-state index contributed by atoms with van der Waals surface area (Å²) in [5, 5.41) is 30.8. The fraction of sp³-hybridized carbons (Fsp3) is 0.733. The number of hydrogen-bond donors (Lipinski definition) is 4. The average molecular weight is 841 g/mol. The van der Waals surface area contributed by atoms with E-state index in [-0.39, 0.29) is 19.4 Å². The van der Waals surface area contributed by atoms with Gasteiger partial charge in [0, 0.05) is 12.8 Å². The molecule has 0 aromatic rings. The van der Waals surface area contributed by atoms with Crippen LogP contribution in [0.3, 0.4) is 0 Å². The summed E-state index contributed by atoms with van der Waals surface area (Å²) in [6, 6.07) is 0. The van der Waals surface area contributed by atoms with E-state index >= 15 is 0 Å². The van der Waals surface area contributed by atoms with Crippen LogP contribution in [-0.4, -0.2) is 96.0 Å². The van der Waals surface area contributed by atoms with Crippen LogP contribution in [0.4, 0.5) is 0 Å². The zero-order chi connectivity index (χ0) is 42.7. The fourth-order valence-electron chi connectivity index (χ4n) is 6.26. The number of unbranched alkanes of at least 4 members (excludes halogenated alkanes) is 16. The number of ether oxygens (including phenoxy) is 4. The normalized spacial score (nSPS) is 21.0. The van der Waals surface area contributed by atoms with Gasteiger partial charge in [0.05, 0.1) is 6.61 Å². The monoisotopic (exact) mass is 841 g/mol. The van der Waals surface area contributed by atoms with E-state index in [2.05, 4.69) is 38.2 Å². The minimum Gasteiger partial charge on any atom is -0.462 e. The standard InChI is InChI=1S/C45H76O12S/c1-3-5-7-9-11-13-15-17-19-21-23-25-27-29-31-33-40(46)54-35-38(36-55-45-44(50)43(49)42(48)39(57-45)37-58(51,52)53)56-41(47)34-32-30-28-26-24-22-20-18-16-14-12-10-8-6-4-2/h5,7,9-13,15,17,19,38-39,42-45,48-50H,3-4,6,8,14,16,18,20-37H2,1-2H3,(H,51,52,53)/b7-5+,11-9+,12-10+,15-13+,19-17+/t38-,39-,42-,43?,44?,45+/m1/s1. The molecule has 0 bridgehead atoms. The van der Waals surface area contributed by atoms with Crippen LogP contribution >= 0.6 is 0 Å². The second-order valence-electron chi connectivity index (χ2n) is 15.1. The van der Waals surface area contributed by atoms with Crippen molar-refractivity contribution >= 4 is 22.1 Å². The van der Waals surface area contributed by atoms with E-state index in [1.54, 1.807) is 0 Å². The number of hydrogen-bond acceptors (Lipinski definition) is 11. The minimum atomic E-state index is -4.61. The summed E-state index contributed by atoms with van der Waals surface area (Å²) in [7, 11) is -4.61. The predicted octanol–water partition coefficient (Wildman–Crippen LogP) is 8.56. The lowest BCUT2D eigenvalue weighted by Gasteiger charge is -2.40. The average Bonchev–Trinajstić information content (AvgIpc) is 3.18. The van der Waals surface area contributed by atoms with E-state index in [0.717, 1.165) is 64.2 Å². The van der Waals surface area contributed by atoms with Gasteiger partial charge in [-0.2, -0.15) is 8.42 Å². The number of aliphatic hydroxyl groups is 3. The van der Waals surface area contributed by atoms with Crippen LogP contribution in [0.15, 0.2) is 60.8 Å². The predicted molar refractivity (Wildman–Crippen MR) is 229 cm³/mol. The van der Waals surface area contributed by atoms with E-state index in [1.165, 1.54) is 51.4 Å². The van der Waals surface area contributed by atoms with Crippen LogP contribution < -0.4 is 0 Å². The van der Waals surface area contributed by atoms with Gasteiger partial charge in [-0.15, -0.1) is 0 Å². The minimum absolute atomic E-state index is 0.154. The maximum atomic E-state index is 12.8. The van der Waals surface area contributed by atoms with Gasteiger partial charge in [-0.05, 0) is 51.4 Å². The van der Waals surface area contributed by atoms with Gasteiger partial charge in [-0.3, -0.25) is 14.1 Å². The SMILES string of the molecule is CC/C=C/C=C/C=C/C=C/CCCCCCCC(=O)OC[C@H](CO[C@H]1O[C@H](CS(=O)(=O)O)[C@@H](O)C(O)C1O)OC(=O)CCCCCCCCCCC/C=C/CCCC. The number of rotatable bonds is 35. The van der Waals surface area contributed by atoms with Gasteiger partial charge < -0.3 is 34.3 Å². The Labute approximate surface area is 349 Å². The van der Waals surface area contributed by atoms with Crippen molar-refractivity contribution in [2.75, 3.05) is 19.0 Å². The molecule has 1 saturated heterocycles. The second-order valence-corrected chi connectivity index (χ2v) is 16.6. The first kappa shape index (κ1) is 53.4. The summed E-state index contributed by atoms with van der Waals surface area (Å²) in [5.74, 6) is -2.02. The molecule has 0 amide bonds. The van der Waals surface area contributed by atoms with Crippen molar-refractivity contribution in [3.8, 4) is 0 Å². The molecule has 0 radical (unpaired) electrons. The first-order valence-corrected chi connectivity index (χ1v) is 23.5. The summed E-state index contributed by atoms with van der Waals surface area (Å²) in [6.45, 7) is 3.56. The molecule has 1 fully saturated rings. The lowest BCUT2D eigenvalue weighted by atomic mass is 10.00. The molecular weight excluding hydrogens is 765 g/mol. The topological polar surface area (TPSA) is 186 Å². The summed E-state index contributed by atoms with van der Waals surface area (Å²) in [5.41, 5.74) is 0. The smallest absolute Gasteiger partial charge is 0.306 e. The molecule has 0 aromatic carbocycles. The summed E-state index contributed by atoms with van der Waals surface area (Å²) in [4.78, 5) is 25.4. The number of carbonyl (C=O) groups excluding carboxylic acids is 2. The summed E-state index contributed by atoms with van der Waals surface area (Å²) < 4.78 is 54.0.